The molecule has 6 heteroatoms. The molecule has 0 aliphatic carbocycles. The summed E-state index contributed by atoms with van der Waals surface area (Å²) in [4.78, 5) is 14.0. The number of nitrogens with two attached hydrogens (primary N) is 1. The lowest BCUT2D eigenvalue weighted by molar-refractivity contribution is 0.0786. The van der Waals surface area contributed by atoms with E-state index in [-0.39, 0.29) is 5.91 Å². The highest BCUT2D eigenvalue weighted by Gasteiger charge is 2.16. The first kappa shape index (κ1) is 13.9. The van der Waals surface area contributed by atoms with Gasteiger partial charge in [0.15, 0.2) is 0 Å². The molecule has 106 valence electrons. The van der Waals surface area contributed by atoms with E-state index in [4.69, 9.17) is 10.5 Å². The molecule has 0 fully saturated rings. The number of carbonyl (C=O) groups is 1. The van der Waals surface area contributed by atoms with Gasteiger partial charge in [-0.25, -0.2) is 0 Å². The summed E-state index contributed by atoms with van der Waals surface area (Å²) in [6.45, 7) is 0.476. The van der Waals surface area contributed by atoms with Crippen molar-refractivity contribution in [3.05, 3.63) is 41.7 Å². The Labute approximate surface area is 117 Å². The molecule has 2 rings (SSSR count). The number of aryl methyl sites for hydroxylation is 1. The number of anilines is 1. The quantitative estimate of drug-likeness (QED) is 0.852. The standard InChI is InChI=1S/C14H18N4O2/c1-17(8-10-7-16-18(2)9-10)14(19)12-6-11(20-3)4-5-13(12)15/h4-7,9H,8,15H2,1-3H3. The van der Waals surface area contributed by atoms with Crippen LogP contribution in [0.25, 0.3) is 0 Å². The minimum atomic E-state index is -0.148. The lowest BCUT2D eigenvalue weighted by Crippen LogP contribution is -2.26. The fourth-order valence-electron chi connectivity index (χ4n) is 1.95. The third-order valence-corrected chi connectivity index (χ3v) is 3.02. The number of methoxy groups -OCH3 is 1. The summed E-state index contributed by atoms with van der Waals surface area (Å²) in [6.07, 6.45) is 3.61. The second-order valence-electron chi connectivity index (χ2n) is 4.64. The van der Waals surface area contributed by atoms with Gasteiger partial charge in [-0.3, -0.25) is 9.48 Å². The van der Waals surface area contributed by atoms with E-state index in [1.165, 1.54) is 0 Å². The fraction of sp³-hybridized carbons (Fsp3) is 0.286. The second-order valence-corrected chi connectivity index (χ2v) is 4.64. The number of hydrogen-bond donors (Lipinski definition) is 1. The summed E-state index contributed by atoms with van der Waals surface area (Å²) in [5, 5.41) is 4.08. The van der Waals surface area contributed by atoms with Crippen LogP contribution in [-0.2, 0) is 13.6 Å². The van der Waals surface area contributed by atoms with E-state index in [1.807, 2.05) is 13.2 Å². The zero-order chi connectivity index (χ0) is 14.7. The molecule has 6 nitrogen and oxygen atoms in total. The van der Waals surface area contributed by atoms with Gasteiger partial charge in [0, 0.05) is 38.1 Å². The van der Waals surface area contributed by atoms with Crippen molar-refractivity contribution >= 4 is 11.6 Å². The molecule has 0 atom stereocenters. The van der Waals surface area contributed by atoms with E-state index in [0.717, 1.165) is 5.56 Å². The smallest absolute Gasteiger partial charge is 0.256 e. The van der Waals surface area contributed by atoms with Crippen molar-refractivity contribution in [2.24, 2.45) is 7.05 Å². The molecule has 2 aromatic rings. The summed E-state index contributed by atoms with van der Waals surface area (Å²) in [6, 6.07) is 5.05. The molecule has 1 heterocycles. The van der Waals surface area contributed by atoms with Crippen LogP contribution in [0.4, 0.5) is 5.69 Å². The van der Waals surface area contributed by atoms with E-state index < -0.39 is 0 Å². The van der Waals surface area contributed by atoms with Crippen LogP contribution >= 0.6 is 0 Å². The second kappa shape index (κ2) is 5.64. The van der Waals surface area contributed by atoms with E-state index in [9.17, 15) is 4.79 Å². The monoisotopic (exact) mass is 274 g/mol. The van der Waals surface area contributed by atoms with Crippen LogP contribution in [0.1, 0.15) is 15.9 Å². The number of hydrogen-bond acceptors (Lipinski definition) is 4. The van der Waals surface area contributed by atoms with Gasteiger partial charge in [-0.2, -0.15) is 5.10 Å². The van der Waals surface area contributed by atoms with Crippen molar-refractivity contribution in [3.8, 4) is 5.75 Å². The number of ether oxygens (including phenoxy) is 1. The van der Waals surface area contributed by atoms with E-state index in [0.29, 0.717) is 23.5 Å². The number of rotatable bonds is 4. The van der Waals surface area contributed by atoms with Gasteiger partial charge in [0.2, 0.25) is 0 Å². The first-order valence-corrected chi connectivity index (χ1v) is 6.17. The Bertz CT molecular complexity index is 621. The van der Waals surface area contributed by atoms with Gasteiger partial charge in [0.25, 0.3) is 5.91 Å². The predicted molar refractivity (Wildman–Crippen MR) is 76.4 cm³/mol. The summed E-state index contributed by atoms with van der Waals surface area (Å²) in [5.41, 5.74) is 7.70. The minimum absolute atomic E-state index is 0.148. The Balaban J connectivity index is 2.17. The average molecular weight is 274 g/mol. The van der Waals surface area contributed by atoms with Gasteiger partial charge in [-0.15, -0.1) is 0 Å². The average Bonchev–Trinajstić information content (AvgIpc) is 2.84. The van der Waals surface area contributed by atoms with Crippen LogP contribution in [0.15, 0.2) is 30.6 Å². The first-order chi connectivity index (χ1) is 9.51. The maximum absolute atomic E-state index is 12.4. The fourth-order valence-corrected chi connectivity index (χ4v) is 1.95. The third kappa shape index (κ3) is 2.90. The van der Waals surface area contributed by atoms with Crippen molar-refractivity contribution in [2.45, 2.75) is 6.54 Å². The van der Waals surface area contributed by atoms with Crippen LogP contribution in [0.2, 0.25) is 0 Å². The molecule has 0 spiro atoms. The van der Waals surface area contributed by atoms with Gasteiger partial charge < -0.3 is 15.4 Å². The number of aromatic nitrogens is 2. The van der Waals surface area contributed by atoms with Crippen LogP contribution in [0, 0.1) is 0 Å². The molecular formula is C14H18N4O2. The van der Waals surface area contributed by atoms with Crippen LogP contribution in [0.5, 0.6) is 5.75 Å². The predicted octanol–water partition coefficient (Wildman–Crippen LogP) is 1.28. The summed E-state index contributed by atoms with van der Waals surface area (Å²) in [7, 11) is 5.12. The lowest BCUT2D eigenvalue weighted by Gasteiger charge is -2.17. The largest absolute Gasteiger partial charge is 0.497 e. The van der Waals surface area contributed by atoms with Gasteiger partial charge in [-0.1, -0.05) is 0 Å². The molecule has 0 aliphatic heterocycles. The summed E-state index contributed by atoms with van der Waals surface area (Å²) >= 11 is 0. The molecule has 0 radical (unpaired) electrons. The number of nitrogen functional groups attached to an aromatic ring is 1. The topological polar surface area (TPSA) is 73.4 Å². The number of amides is 1. The van der Waals surface area contributed by atoms with Gasteiger partial charge >= 0.3 is 0 Å². The van der Waals surface area contributed by atoms with E-state index in [1.54, 1.807) is 48.1 Å². The Morgan fingerprint density at radius 2 is 2.25 bits per heavy atom. The van der Waals surface area contributed by atoms with Crippen molar-refractivity contribution in [1.29, 1.82) is 0 Å². The Hall–Kier alpha value is -2.50. The molecule has 1 amide bonds. The molecule has 0 unspecified atom stereocenters. The van der Waals surface area contributed by atoms with Crippen LogP contribution in [-0.4, -0.2) is 34.7 Å². The zero-order valence-corrected chi connectivity index (χ0v) is 11.8. The molecule has 0 bridgehead atoms. The van der Waals surface area contributed by atoms with Crippen LogP contribution < -0.4 is 10.5 Å². The highest BCUT2D eigenvalue weighted by Crippen LogP contribution is 2.21. The van der Waals surface area contributed by atoms with Gasteiger partial charge in [-0.05, 0) is 18.2 Å². The Kier molecular flexibility index (Phi) is 3.93. The molecule has 1 aromatic carbocycles. The normalized spacial score (nSPS) is 10.3. The van der Waals surface area contributed by atoms with E-state index >= 15 is 0 Å². The van der Waals surface area contributed by atoms with Crippen molar-refractivity contribution in [3.63, 3.8) is 0 Å². The number of benzene rings is 1. The summed E-state index contributed by atoms with van der Waals surface area (Å²) in [5.74, 6) is 0.461. The highest BCUT2D eigenvalue weighted by molar-refractivity contribution is 5.99. The molecular weight excluding hydrogens is 256 g/mol. The first-order valence-electron chi connectivity index (χ1n) is 6.17. The molecule has 0 saturated heterocycles. The SMILES string of the molecule is COc1ccc(N)c(C(=O)N(C)Cc2cnn(C)c2)c1. The maximum atomic E-state index is 12.4. The molecule has 0 aliphatic rings. The Morgan fingerprint density at radius 1 is 1.50 bits per heavy atom. The van der Waals surface area contributed by atoms with Crippen LogP contribution in [0.3, 0.4) is 0 Å². The maximum Gasteiger partial charge on any atom is 0.256 e. The number of nitrogens with zero attached hydrogens (tertiary/aromatic N) is 3. The highest BCUT2D eigenvalue weighted by atomic mass is 16.5. The Morgan fingerprint density at radius 3 is 2.85 bits per heavy atom. The van der Waals surface area contributed by atoms with Gasteiger partial charge in [0.05, 0.1) is 18.9 Å². The lowest BCUT2D eigenvalue weighted by atomic mass is 10.1. The zero-order valence-electron chi connectivity index (χ0n) is 11.8. The minimum Gasteiger partial charge on any atom is -0.497 e. The van der Waals surface area contributed by atoms with E-state index in [2.05, 4.69) is 5.10 Å². The van der Waals surface area contributed by atoms with Crippen molar-refractivity contribution < 1.29 is 9.53 Å². The molecule has 20 heavy (non-hydrogen) atoms. The van der Waals surface area contributed by atoms with Crippen molar-refractivity contribution in [1.82, 2.24) is 14.7 Å². The molecule has 1 aromatic heterocycles. The third-order valence-electron chi connectivity index (χ3n) is 3.02. The molecule has 2 N–H and O–H groups in total. The number of carbonyl (C=O) groups excluding carboxylic acids is 1. The molecule has 0 saturated carbocycles. The summed E-state index contributed by atoms with van der Waals surface area (Å²) < 4.78 is 6.82. The van der Waals surface area contributed by atoms with Gasteiger partial charge in [0.1, 0.15) is 5.75 Å². The van der Waals surface area contributed by atoms with Crippen molar-refractivity contribution in [2.75, 3.05) is 19.9 Å².